The molecule has 0 N–H and O–H groups in total. The predicted octanol–water partition coefficient (Wildman–Crippen LogP) is 3.51. The highest BCUT2D eigenvalue weighted by Gasteiger charge is 2.31. The third-order valence-electron chi connectivity index (χ3n) is 4.70. The summed E-state index contributed by atoms with van der Waals surface area (Å²) in [5.74, 6) is 1.10. The number of hydrogen-bond acceptors (Lipinski definition) is 4. The van der Waals surface area contributed by atoms with Crippen LogP contribution in [-0.4, -0.2) is 43.5 Å². The summed E-state index contributed by atoms with van der Waals surface area (Å²) in [6, 6.07) is 12.7. The third-order valence-corrected chi connectivity index (χ3v) is 4.93. The highest BCUT2D eigenvalue weighted by molar-refractivity contribution is 6.30. The summed E-state index contributed by atoms with van der Waals surface area (Å²) in [6.45, 7) is 2.37. The van der Waals surface area contributed by atoms with Crippen molar-refractivity contribution in [1.29, 1.82) is 0 Å². The first-order valence-corrected chi connectivity index (χ1v) is 9.42. The average Bonchev–Trinajstić information content (AvgIpc) is 2.68. The van der Waals surface area contributed by atoms with E-state index in [0.717, 1.165) is 5.56 Å². The number of hydrogen-bond donors (Lipinski definition) is 0. The molecule has 1 aliphatic rings. The summed E-state index contributed by atoms with van der Waals surface area (Å²) in [4.78, 5) is 28.4. The van der Waals surface area contributed by atoms with Crippen LogP contribution in [0, 0.1) is 0 Å². The zero-order chi connectivity index (χ0) is 20.3. The molecular formula is C21H23ClN2O4. The van der Waals surface area contributed by atoms with E-state index in [0.29, 0.717) is 35.3 Å². The lowest BCUT2D eigenvalue weighted by Crippen LogP contribution is -2.45. The second-order valence-electron chi connectivity index (χ2n) is 6.67. The number of carbonyl (C=O) groups excluding carboxylic acids is 2. The van der Waals surface area contributed by atoms with Gasteiger partial charge in [-0.2, -0.15) is 0 Å². The Labute approximate surface area is 169 Å². The molecule has 6 nitrogen and oxygen atoms in total. The van der Waals surface area contributed by atoms with E-state index in [1.54, 1.807) is 49.1 Å². The van der Waals surface area contributed by atoms with Crippen molar-refractivity contribution < 1.29 is 19.1 Å². The van der Waals surface area contributed by atoms with Gasteiger partial charge in [0, 0.05) is 37.1 Å². The Balaban J connectivity index is 1.67. The second-order valence-corrected chi connectivity index (χ2v) is 7.11. The molecule has 1 aliphatic heterocycles. The SMILES string of the molecule is COc1ccc(Cl)cc1CN(C)C(=O)CCN1C(=O)C(C)Oc2ccccc21. The fraction of sp³-hybridized carbons (Fsp3) is 0.333. The average molecular weight is 403 g/mol. The molecule has 1 unspecified atom stereocenters. The molecule has 2 aromatic carbocycles. The number of fused-ring (bicyclic) bond motifs is 1. The highest BCUT2D eigenvalue weighted by atomic mass is 35.5. The van der Waals surface area contributed by atoms with Gasteiger partial charge in [0.25, 0.3) is 5.91 Å². The Morgan fingerprint density at radius 1 is 1.29 bits per heavy atom. The molecule has 1 atom stereocenters. The number of anilines is 1. The Bertz CT molecular complexity index is 886. The van der Waals surface area contributed by atoms with Gasteiger partial charge in [0.15, 0.2) is 6.10 Å². The van der Waals surface area contributed by atoms with Crippen LogP contribution >= 0.6 is 11.6 Å². The minimum absolute atomic E-state index is 0.0774. The van der Waals surface area contributed by atoms with Crippen LogP contribution in [0.25, 0.3) is 0 Å². The molecule has 0 fully saturated rings. The molecule has 1 heterocycles. The summed E-state index contributed by atoms with van der Waals surface area (Å²) < 4.78 is 11.0. The van der Waals surface area contributed by atoms with Gasteiger partial charge in [-0.05, 0) is 37.3 Å². The first-order valence-electron chi connectivity index (χ1n) is 9.04. The number of rotatable bonds is 6. The van der Waals surface area contributed by atoms with Gasteiger partial charge < -0.3 is 19.3 Å². The number of carbonyl (C=O) groups is 2. The zero-order valence-electron chi connectivity index (χ0n) is 16.1. The topological polar surface area (TPSA) is 59.1 Å². The van der Waals surface area contributed by atoms with E-state index < -0.39 is 6.10 Å². The van der Waals surface area contributed by atoms with E-state index in [1.165, 1.54) is 0 Å². The standard InChI is InChI=1S/C21H23ClN2O4/c1-14-21(26)24(17-6-4-5-7-19(17)28-14)11-10-20(25)23(2)13-15-12-16(22)8-9-18(15)27-3/h4-9,12,14H,10-11,13H2,1-3H3. The smallest absolute Gasteiger partial charge is 0.267 e. The maximum atomic E-state index is 12.7. The lowest BCUT2D eigenvalue weighted by molar-refractivity contribution is -0.130. The fourth-order valence-corrected chi connectivity index (χ4v) is 3.40. The largest absolute Gasteiger partial charge is 0.496 e. The number of para-hydroxylation sites is 2. The first kappa shape index (κ1) is 20.0. The Morgan fingerprint density at radius 3 is 2.79 bits per heavy atom. The molecule has 0 aliphatic carbocycles. The van der Waals surface area contributed by atoms with Crippen LogP contribution in [0.1, 0.15) is 18.9 Å². The van der Waals surface area contributed by atoms with Crippen molar-refractivity contribution in [3.05, 3.63) is 53.1 Å². The Morgan fingerprint density at radius 2 is 2.04 bits per heavy atom. The van der Waals surface area contributed by atoms with Crippen LogP contribution < -0.4 is 14.4 Å². The molecule has 0 bridgehead atoms. The molecule has 148 valence electrons. The molecule has 2 amide bonds. The third kappa shape index (κ3) is 4.22. The monoisotopic (exact) mass is 402 g/mol. The van der Waals surface area contributed by atoms with Gasteiger partial charge in [-0.15, -0.1) is 0 Å². The van der Waals surface area contributed by atoms with E-state index in [-0.39, 0.29) is 18.2 Å². The summed E-state index contributed by atoms with van der Waals surface area (Å²) >= 11 is 6.06. The first-order chi connectivity index (χ1) is 13.4. The van der Waals surface area contributed by atoms with Crippen molar-refractivity contribution >= 4 is 29.1 Å². The minimum Gasteiger partial charge on any atom is -0.496 e. The zero-order valence-corrected chi connectivity index (χ0v) is 16.9. The van der Waals surface area contributed by atoms with Gasteiger partial charge in [0.1, 0.15) is 11.5 Å². The van der Waals surface area contributed by atoms with Crippen molar-refractivity contribution in [3.8, 4) is 11.5 Å². The highest BCUT2D eigenvalue weighted by Crippen LogP contribution is 2.33. The van der Waals surface area contributed by atoms with Gasteiger partial charge in [-0.25, -0.2) is 0 Å². The number of amides is 2. The van der Waals surface area contributed by atoms with E-state index in [9.17, 15) is 9.59 Å². The van der Waals surface area contributed by atoms with Crippen molar-refractivity contribution in [2.75, 3.05) is 25.6 Å². The number of ether oxygens (including phenoxy) is 2. The van der Waals surface area contributed by atoms with Crippen LogP contribution in [-0.2, 0) is 16.1 Å². The summed E-state index contributed by atoms with van der Waals surface area (Å²) in [7, 11) is 3.30. The minimum atomic E-state index is -0.571. The van der Waals surface area contributed by atoms with Crippen LogP contribution in [0.5, 0.6) is 11.5 Å². The fourth-order valence-electron chi connectivity index (χ4n) is 3.20. The van der Waals surface area contributed by atoms with E-state index in [1.807, 2.05) is 24.3 Å². The molecule has 0 spiro atoms. The van der Waals surface area contributed by atoms with Crippen LogP contribution in [0.15, 0.2) is 42.5 Å². The van der Waals surface area contributed by atoms with Crippen molar-refractivity contribution in [2.24, 2.45) is 0 Å². The van der Waals surface area contributed by atoms with E-state index in [4.69, 9.17) is 21.1 Å². The van der Waals surface area contributed by atoms with Crippen LogP contribution in [0.4, 0.5) is 5.69 Å². The number of methoxy groups -OCH3 is 1. The molecule has 0 aromatic heterocycles. The Hall–Kier alpha value is -2.73. The van der Waals surface area contributed by atoms with Gasteiger partial charge in [0.2, 0.25) is 5.91 Å². The summed E-state index contributed by atoms with van der Waals surface area (Å²) in [6.07, 6.45) is -0.370. The van der Waals surface area contributed by atoms with Gasteiger partial charge in [0.05, 0.1) is 12.8 Å². The molecule has 0 saturated heterocycles. The maximum Gasteiger partial charge on any atom is 0.267 e. The molecule has 28 heavy (non-hydrogen) atoms. The molecule has 3 rings (SSSR count). The van der Waals surface area contributed by atoms with Crippen molar-refractivity contribution in [3.63, 3.8) is 0 Å². The molecular weight excluding hydrogens is 380 g/mol. The lowest BCUT2D eigenvalue weighted by Gasteiger charge is -2.33. The molecule has 0 saturated carbocycles. The molecule has 0 radical (unpaired) electrons. The van der Waals surface area contributed by atoms with E-state index >= 15 is 0 Å². The predicted molar refractivity (Wildman–Crippen MR) is 108 cm³/mol. The number of benzene rings is 2. The van der Waals surface area contributed by atoms with Gasteiger partial charge in [-0.1, -0.05) is 23.7 Å². The lowest BCUT2D eigenvalue weighted by atomic mass is 10.1. The second kappa shape index (κ2) is 8.52. The normalized spacial score (nSPS) is 15.6. The number of nitrogens with zero attached hydrogens (tertiary/aromatic N) is 2. The molecule has 7 heteroatoms. The quantitative estimate of drug-likeness (QED) is 0.741. The number of halogens is 1. The van der Waals surface area contributed by atoms with Gasteiger partial charge in [-0.3, -0.25) is 9.59 Å². The van der Waals surface area contributed by atoms with Crippen LogP contribution in [0.3, 0.4) is 0 Å². The Kier molecular flexibility index (Phi) is 6.09. The van der Waals surface area contributed by atoms with E-state index in [2.05, 4.69) is 0 Å². The summed E-state index contributed by atoms with van der Waals surface area (Å²) in [5, 5.41) is 0.584. The van der Waals surface area contributed by atoms with Crippen molar-refractivity contribution in [1.82, 2.24) is 4.90 Å². The summed E-state index contributed by atoms with van der Waals surface area (Å²) in [5.41, 5.74) is 1.52. The molecule has 2 aromatic rings. The van der Waals surface area contributed by atoms with Crippen molar-refractivity contribution in [2.45, 2.75) is 26.0 Å². The van der Waals surface area contributed by atoms with Crippen LogP contribution in [0.2, 0.25) is 5.02 Å². The van der Waals surface area contributed by atoms with Gasteiger partial charge >= 0.3 is 0 Å². The maximum absolute atomic E-state index is 12.7.